The van der Waals surface area contributed by atoms with E-state index in [1.165, 1.54) is 0 Å². The molecule has 0 radical (unpaired) electrons. The molecule has 2 aliphatic heterocycles. The Morgan fingerprint density at radius 3 is 2.52 bits per heavy atom. The minimum Gasteiger partial charge on any atom is -0.490 e. The summed E-state index contributed by atoms with van der Waals surface area (Å²) in [5, 5.41) is -0.446. The third-order valence-corrected chi connectivity index (χ3v) is 5.30. The average Bonchev–Trinajstić information content (AvgIpc) is 2.98. The van der Waals surface area contributed by atoms with Crippen LogP contribution in [0.5, 0.6) is 11.5 Å². The highest BCUT2D eigenvalue weighted by molar-refractivity contribution is 8.18. The van der Waals surface area contributed by atoms with Crippen LogP contribution in [0.1, 0.15) is 19.4 Å². The molecule has 0 saturated carbocycles. The van der Waals surface area contributed by atoms with Crippen LogP contribution in [-0.2, 0) is 14.3 Å². The normalized spacial score (nSPS) is 18.5. The molecule has 2 heterocycles. The largest absolute Gasteiger partial charge is 0.490 e. The molecule has 0 spiro atoms. The lowest BCUT2D eigenvalue weighted by atomic mass is 10.2. The van der Waals surface area contributed by atoms with Gasteiger partial charge < -0.3 is 19.1 Å². The third-order valence-electron chi connectivity index (χ3n) is 4.40. The first kappa shape index (κ1) is 21.2. The minimum atomic E-state index is -0.464. The maximum Gasteiger partial charge on any atom is 0.294 e. The topological polar surface area (TPSA) is 85.4 Å². The zero-order valence-electron chi connectivity index (χ0n) is 16.5. The zero-order valence-corrected chi connectivity index (χ0v) is 17.3. The summed E-state index contributed by atoms with van der Waals surface area (Å²) in [7, 11) is 0. The summed E-state index contributed by atoms with van der Waals surface area (Å²) in [5.74, 6) is 0.477. The van der Waals surface area contributed by atoms with Crippen LogP contribution in [0.3, 0.4) is 0 Å². The lowest BCUT2D eigenvalue weighted by molar-refractivity contribution is -0.139. The van der Waals surface area contributed by atoms with E-state index < -0.39 is 11.1 Å². The Balaban J connectivity index is 1.73. The molecule has 8 nitrogen and oxygen atoms in total. The monoisotopic (exact) mass is 420 g/mol. The number of carbonyl (C=O) groups is 3. The van der Waals surface area contributed by atoms with E-state index in [-0.39, 0.29) is 17.4 Å². The van der Waals surface area contributed by atoms with Crippen LogP contribution in [0, 0.1) is 0 Å². The Morgan fingerprint density at radius 1 is 1.14 bits per heavy atom. The van der Waals surface area contributed by atoms with E-state index in [4.69, 9.17) is 14.2 Å². The lowest BCUT2D eigenvalue weighted by Crippen LogP contribution is -2.46. The molecule has 0 bridgehead atoms. The molecule has 3 amide bonds. The van der Waals surface area contributed by atoms with Gasteiger partial charge in [-0.05, 0) is 49.4 Å². The van der Waals surface area contributed by atoms with Gasteiger partial charge >= 0.3 is 0 Å². The van der Waals surface area contributed by atoms with Crippen LogP contribution < -0.4 is 9.47 Å². The highest BCUT2D eigenvalue weighted by atomic mass is 32.2. The molecule has 3 rings (SSSR count). The SMILES string of the molecule is CCOc1ccc(C=C2SC(=O)N(CC(=O)N3CCOCC3)C2=O)cc1OCC. The maximum absolute atomic E-state index is 12.7. The van der Waals surface area contributed by atoms with Crippen molar-refractivity contribution in [1.29, 1.82) is 0 Å². The fourth-order valence-corrected chi connectivity index (χ4v) is 3.83. The Morgan fingerprint density at radius 2 is 1.83 bits per heavy atom. The van der Waals surface area contributed by atoms with Crippen molar-refractivity contribution in [2.75, 3.05) is 46.1 Å². The van der Waals surface area contributed by atoms with Gasteiger partial charge in [-0.3, -0.25) is 19.3 Å². The van der Waals surface area contributed by atoms with E-state index in [0.29, 0.717) is 56.6 Å². The number of imide groups is 1. The highest BCUT2D eigenvalue weighted by Crippen LogP contribution is 2.34. The number of benzene rings is 1. The number of thioether (sulfide) groups is 1. The predicted octanol–water partition coefficient (Wildman–Crippen LogP) is 2.38. The molecule has 0 aromatic heterocycles. The third kappa shape index (κ3) is 5.10. The van der Waals surface area contributed by atoms with Gasteiger partial charge in [-0.2, -0.15) is 0 Å². The number of amides is 3. The van der Waals surface area contributed by atoms with Crippen molar-refractivity contribution in [3.63, 3.8) is 0 Å². The van der Waals surface area contributed by atoms with Gasteiger partial charge in [-0.1, -0.05) is 6.07 Å². The Bertz CT molecular complexity index is 819. The van der Waals surface area contributed by atoms with Crippen molar-refractivity contribution in [1.82, 2.24) is 9.80 Å². The number of morpholine rings is 1. The quantitative estimate of drug-likeness (QED) is 0.626. The number of hydrogen-bond donors (Lipinski definition) is 0. The van der Waals surface area contributed by atoms with Crippen LogP contribution >= 0.6 is 11.8 Å². The van der Waals surface area contributed by atoms with Crippen LogP contribution in [0.4, 0.5) is 4.79 Å². The molecular weight excluding hydrogens is 396 g/mol. The van der Waals surface area contributed by atoms with Gasteiger partial charge in [0.2, 0.25) is 5.91 Å². The van der Waals surface area contributed by atoms with Gasteiger partial charge in [-0.25, -0.2) is 0 Å². The van der Waals surface area contributed by atoms with Crippen molar-refractivity contribution in [3.8, 4) is 11.5 Å². The van der Waals surface area contributed by atoms with Crippen molar-refractivity contribution in [2.45, 2.75) is 13.8 Å². The summed E-state index contributed by atoms with van der Waals surface area (Å²) in [4.78, 5) is 40.2. The van der Waals surface area contributed by atoms with E-state index >= 15 is 0 Å². The molecule has 9 heteroatoms. The van der Waals surface area contributed by atoms with Crippen molar-refractivity contribution >= 4 is 34.9 Å². The molecule has 29 heavy (non-hydrogen) atoms. The summed E-state index contributed by atoms with van der Waals surface area (Å²) < 4.78 is 16.4. The minimum absolute atomic E-state index is 0.253. The van der Waals surface area contributed by atoms with Gasteiger partial charge in [0.15, 0.2) is 11.5 Å². The maximum atomic E-state index is 12.7. The second-order valence-electron chi connectivity index (χ2n) is 6.33. The van der Waals surface area contributed by atoms with Gasteiger partial charge in [0, 0.05) is 13.1 Å². The summed E-state index contributed by atoms with van der Waals surface area (Å²) in [5.41, 5.74) is 0.710. The number of carbonyl (C=O) groups excluding carboxylic acids is 3. The molecule has 156 valence electrons. The van der Waals surface area contributed by atoms with Crippen molar-refractivity contribution in [3.05, 3.63) is 28.7 Å². The Hall–Kier alpha value is -2.52. The van der Waals surface area contributed by atoms with Gasteiger partial charge in [0.1, 0.15) is 6.54 Å². The van der Waals surface area contributed by atoms with Crippen LogP contribution in [0.15, 0.2) is 23.1 Å². The zero-order chi connectivity index (χ0) is 20.8. The molecule has 0 unspecified atom stereocenters. The molecule has 2 fully saturated rings. The molecule has 1 aromatic rings. The molecule has 2 aliphatic rings. The van der Waals surface area contributed by atoms with E-state index in [0.717, 1.165) is 16.7 Å². The van der Waals surface area contributed by atoms with Crippen LogP contribution in [0.25, 0.3) is 6.08 Å². The Kier molecular flexibility index (Phi) is 7.16. The van der Waals surface area contributed by atoms with E-state index in [1.807, 2.05) is 13.8 Å². The molecule has 2 saturated heterocycles. The standard InChI is InChI=1S/C20H24N2O6S/c1-3-27-15-6-5-14(11-16(15)28-4-2)12-17-19(24)22(20(25)29-17)13-18(23)21-7-9-26-10-8-21/h5-6,11-12H,3-4,7-10,13H2,1-2H3. The molecule has 0 aliphatic carbocycles. The lowest BCUT2D eigenvalue weighted by Gasteiger charge is -2.28. The summed E-state index contributed by atoms with van der Waals surface area (Å²) in [6, 6.07) is 5.33. The first-order chi connectivity index (χ1) is 14.0. The average molecular weight is 420 g/mol. The van der Waals surface area contributed by atoms with Gasteiger partial charge in [-0.15, -0.1) is 0 Å². The molecular formula is C20H24N2O6S. The van der Waals surface area contributed by atoms with E-state index in [9.17, 15) is 14.4 Å². The van der Waals surface area contributed by atoms with Crippen molar-refractivity contribution in [2.24, 2.45) is 0 Å². The molecule has 1 aromatic carbocycles. The Labute approximate surface area is 173 Å². The smallest absolute Gasteiger partial charge is 0.294 e. The van der Waals surface area contributed by atoms with Crippen LogP contribution in [-0.4, -0.2) is 72.9 Å². The number of ether oxygens (including phenoxy) is 3. The summed E-state index contributed by atoms with van der Waals surface area (Å²) in [6.45, 7) is 6.36. The number of nitrogens with zero attached hydrogens (tertiary/aromatic N) is 2. The molecule has 0 atom stereocenters. The highest BCUT2D eigenvalue weighted by Gasteiger charge is 2.37. The number of rotatable bonds is 7. The predicted molar refractivity (Wildman–Crippen MR) is 109 cm³/mol. The second kappa shape index (κ2) is 9.80. The molecule has 0 N–H and O–H groups in total. The summed E-state index contributed by atoms with van der Waals surface area (Å²) >= 11 is 0.830. The van der Waals surface area contributed by atoms with Gasteiger partial charge in [0.05, 0.1) is 31.3 Å². The van der Waals surface area contributed by atoms with E-state index in [1.54, 1.807) is 29.2 Å². The van der Waals surface area contributed by atoms with Gasteiger partial charge in [0.25, 0.3) is 11.1 Å². The number of hydrogen-bond acceptors (Lipinski definition) is 7. The second-order valence-corrected chi connectivity index (χ2v) is 7.33. The van der Waals surface area contributed by atoms with E-state index in [2.05, 4.69) is 0 Å². The first-order valence-electron chi connectivity index (χ1n) is 9.54. The fraction of sp³-hybridized carbons (Fsp3) is 0.450. The van der Waals surface area contributed by atoms with Crippen molar-refractivity contribution < 1.29 is 28.6 Å². The van der Waals surface area contributed by atoms with Crippen LogP contribution in [0.2, 0.25) is 0 Å². The first-order valence-corrected chi connectivity index (χ1v) is 10.4. The summed E-state index contributed by atoms with van der Waals surface area (Å²) in [6.07, 6.45) is 1.63. The fourth-order valence-electron chi connectivity index (χ4n) is 2.99.